The zero-order chi connectivity index (χ0) is 13.5. The van der Waals surface area contributed by atoms with Gasteiger partial charge in [0.1, 0.15) is 18.8 Å². The molecule has 1 atom stereocenters. The molecule has 0 spiro atoms. The average molecular weight is 273 g/mol. The number of hydrogen-bond donors (Lipinski definition) is 1. The predicted octanol–water partition coefficient (Wildman–Crippen LogP) is 2.55. The van der Waals surface area contributed by atoms with Crippen LogP contribution in [-0.2, 0) is 6.18 Å². The number of rotatable bonds is 1. The maximum Gasteiger partial charge on any atom is 0.420 e. The van der Waals surface area contributed by atoms with Gasteiger partial charge in [-0.3, -0.25) is 0 Å². The van der Waals surface area contributed by atoms with Crippen LogP contribution in [0.2, 0.25) is 0 Å². The largest absolute Gasteiger partial charge is 0.486 e. The minimum atomic E-state index is -4.42. The molecule has 0 radical (unpaired) electrons. The predicted molar refractivity (Wildman–Crippen MR) is 62.7 cm³/mol. The summed E-state index contributed by atoms with van der Waals surface area (Å²) in [6.07, 6.45) is -3.52. The zero-order valence-electron chi connectivity index (χ0n) is 10.2. The lowest BCUT2D eigenvalue weighted by Crippen LogP contribution is -2.21. The summed E-state index contributed by atoms with van der Waals surface area (Å²) in [5.41, 5.74) is 0.0598. The van der Waals surface area contributed by atoms with E-state index in [-0.39, 0.29) is 24.0 Å². The first-order valence-electron chi connectivity index (χ1n) is 6.28. The van der Waals surface area contributed by atoms with Crippen LogP contribution in [0.15, 0.2) is 12.1 Å². The van der Waals surface area contributed by atoms with Crippen molar-refractivity contribution in [3.05, 3.63) is 23.3 Å². The van der Waals surface area contributed by atoms with E-state index in [9.17, 15) is 13.2 Å². The van der Waals surface area contributed by atoms with Crippen molar-refractivity contribution in [2.24, 2.45) is 0 Å². The third kappa shape index (κ3) is 2.25. The lowest BCUT2D eigenvalue weighted by Gasteiger charge is -2.26. The Balaban J connectivity index is 2.08. The van der Waals surface area contributed by atoms with Crippen molar-refractivity contribution >= 4 is 0 Å². The van der Waals surface area contributed by atoms with Crippen LogP contribution in [0.5, 0.6) is 11.5 Å². The minimum absolute atomic E-state index is 0.150. The quantitative estimate of drug-likeness (QED) is 0.853. The Labute approximate surface area is 108 Å². The van der Waals surface area contributed by atoms with E-state index in [1.807, 2.05) is 0 Å². The van der Waals surface area contributed by atoms with Crippen LogP contribution < -0.4 is 14.8 Å². The summed E-state index contributed by atoms with van der Waals surface area (Å²) in [5.74, 6) is 0.315. The number of ether oxygens (including phenoxy) is 2. The molecule has 1 aromatic rings. The van der Waals surface area contributed by atoms with Crippen LogP contribution in [0.4, 0.5) is 13.2 Å². The van der Waals surface area contributed by atoms with Gasteiger partial charge in [0.2, 0.25) is 0 Å². The third-order valence-corrected chi connectivity index (χ3v) is 3.52. The number of hydrogen-bond acceptors (Lipinski definition) is 3. The van der Waals surface area contributed by atoms with Gasteiger partial charge in [0.25, 0.3) is 0 Å². The van der Waals surface area contributed by atoms with Gasteiger partial charge in [0.15, 0.2) is 11.5 Å². The van der Waals surface area contributed by atoms with Crippen LogP contribution in [0.25, 0.3) is 0 Å². The Morgan fingerprint density at radius 1 is 1.11 bits per heavy atom. The molecule has 19 heavy (non-hydrogen) atoms. The molecule has 6 heteroatoms. The van der Waals surface area contributed by atoms with E-state index < -0.39 is 11.7 Å². The second kappa shape index (κ2) is 4.59. The molecule has 1 fully saturated rings. The molecule has 0 aliphatic carbocycles. The summed E-state index contributed by atoms with van der Waals surface area (Å²) < 4.78 is 49.5. The van der Waals surface area contributed by atoms with E-state index in [1.54, 1.807) is 0 Å². The minimum Gasteiger partial charge on any atom is -0.486 e. The summed E-state index contributed by atoms with van der Waals surface area (Å²) in [7, 11) is 0. The summed E-state index contributed by atoms with van der Waals surface area (Å²) in [5, 5.41) is 3.20. The molecule has 2 aliphatic heterocycles. The molecule has 1 N–H and O–H groups in total. The summed E-state index contributed by atoms with van der Waals surface area (Å²) in [6, 6.07) is 2.62. The number of nitrogens with one attached hydrogen (secondary N) is 1. The van der Waals surface area contributed by atoms with Gasteiger partial charge in [-0.25, -0.2) is 0 Å². The second-order valence-electron chi connectivity index (χ2n) is 4.75. The zero-order valence-corrected chi connectivity index (χ0v) is 10.2. The van der Waals surface area contributed by atoms with Gasteiger partial charge in [0, 0.05) is 18.0 Å². The Bertz CT molecular complexity index is 482. The van der Waals surface area contributed by atoms with Crippen LogP contribution in [0.3, 0.4) is 0 Å². The van der Waals surface area contributed by atoms with Crippen molar-refractivity contribution in [2.45, 2.75) is 18.5 Å². The monoisotopic (exact) mass is 273 g/mol. The van der Waals surface area contributed by atoms with Crippen LogP contribution in [0.1, 0.15) is 23.5 Å². The van der Waals surface area contributed by atoms with Gasteiger partial charge in [0.05, 0.1) is 0 Å². The average Bonchev–Trinajstić information content (AvgIpc) is 2.90. The number of fused-ring (bicyclic) bond motifs is 1. The molecule has 1 aromatic carbocycles. The highest BCUT2D eigenvalue weighted by Crippen LogP contribution is 2.47. The topological polar surface area (TPSA) is 30.5 Å². The maximum absolute atomic E-state index is 12.9. The van der Waals surface area contributed by atoms with Crippen LogP contribution >= 0.6 is 0 Å². The number of alkyl halides is 3. The highest BCUT2D eigenvalue weighted by Gasteiger charge is 2.38. The van der Waals surface area contributed by atoms with Gasteiger partial charge >= 0.3 is 6.18 Å². The van der Waals surface area contributed by atoms with Crippen molar-refractivity contribution in [1.29, 1.82) is 0 Å². The van der Waals surface area contributed by atoms with Gasteiger partial charge in [-0.05, 0) is 19.0 Å². The molecule has 0 amide bonds. The first-order chi connectivity index (χ1) is 9.07. The van der Waals surface area contributed by atoms with E-state index in [0.29, 0.717) is 6.61 Å². The molecule has 104 valence electrons. The van der Waals surface area contributed by atoms with Crippen molar-refractivity contribution in [1.82, 2.24) is 5.32 Å². The molecular weight excluding hydrogens is 259 g/mol. The van der Waals surface area contributed by atoms with E-state index in [0.717, 1.165) is 31.1 Å². The molecule has 0 bridgehead atoms. The first-order valence-corrected chi connectivity index (χ1v) is 6.28. The third-order valence-electron chi connectivity index (χ3n) is 3.52. The highest BCUT2D eigenvalue weighted by molar-refractivity contribution is 5.55. The molecule has 1 unspecified atom stereocenters. The van der Waals surface area contributed by atoms with Crippen LogP contribution in [-0.4, -0.2) is 26.3 Å². The molecule has 1 saturated heterocycles. The standard InChI is InChI=1S/C13H14F3NO2/c14-13(15,16)10-2-1-9(8-3-4-17-7-8)11-12(10)19-6-5-18-11/h1-2,8,17H,3-7H2. The Morgan fingerprint density at radius 3 is 2.47 bits per heavy atom. The second-order valence-corrected chi connectivity index (χ2v) is 4.75. The van der Waals surface area contributed by atoms with Gasteiger partial charge in [-0.1, -0.05) is 6.07 Å². The Morgan fingerprint density at radius 2 is 1.84 bits per heavy atom. The van der Waals surface area contributed by atoms with E-state index in [1.165, 1.54) is 6.07 Å². The maximum atomic E-state index is 12.9. The molecular formula is C13H14F3NO2. The van der Waals surface area contributed by atoms with E-state index in [4.69, 9.17) is 9.47 Å². The Kier molecular flexibility index (Phi) is 3.05. The van der Waals surface area contributed by atoms with E-state index in [2.05, 4.69) is 5.32 Å². The molecule has 3 nitrogen and oxygen atoms in total. The normalized spacial score (nSPS) is 22.6. The smallest absolute Gasteiger partial charge is 0.420 e. The SMILES string of the molecule is FC(F)(F)c1ccc(C2CCNC2)c2c1OCCO2. The van der Waals surface area contributed by atoms with Crippen molar-refractivity contribution < 1.29 is 22.6 Å². The van der Waals surface area contributed by atoms with Gasteiger partial charge < -0.3 is 14.8 Å². The number of benzene rings is 1. The van der Waals surface area contributed by atoms with Gasteiger partial charge in [-0.15, -0.1) is 0 Å². The van der Waals surface area contributed by atoms with Crippen molar-refractivity contribution in [3.63, 3.8) is 0 Å². The van der Waals surface area contributed by atoms with Gasteiger partial charge in [-0.2, -0.15) is 13.2 Å². The fraction of sp³-hybridized carbons (Fsp3) is 0.538. The highest BCUT2D eigenvalue weighted by atomic mass is 19.4. The lowest BCUT2D eigenvalue weighted by atomic mass is 9.95. The first kappa shape index (κ1) is 12.6. The molecule has 3 rings (SSSR count). The fourth-order valence-corrected chi connectivity index (χ4v) is 2.62. The van der Waals surface area contributed by atoms with Crippen molar-refractivity contribution in [3.8, 4) is 11.5 Å². The Hall–Kier alpha value is -1.43. The molecule has 2 heterocycles. The molecule has 0 aromatic heterocycles. The van der Waals surface area contributed by atoms with Crippen molar-refractivity contribution in [2.75, 3.05) is 26.3 Å². The van der Waals surface area contributed by atoms with E-state index >= 15 is 0 Å². The molecule has 2 aliphatic rings. The summed E-state index contributed by atoms with van der Waals surface area (Å²) in [4.78, 5) is 0. The summed E-state index contributed by atoms with van der Waals surface area (Å²) in [6.45, 7) is 2.09. The lowest BCUT2D eigenvalue weighted by molar-refractivity contribution is -0.139. The van der Waals surface area contributed by atoms with Crippen LogP contribution in [0, 0.1) is 0 Å². The fourth-order valence-electron chi connectivity index (χ4n) is 2.62. The molecule has 0 saturated carbocycles. The number of halogens is 3. The summed E-state index contributed by atoms with van der Waals surface area (Å²) >= 11 is 0.